The lowest BCUT2D eigenvalue weighted by Gasteiger charge is -2.24. The van der Waals surface area contributed by atoms with Gasteiger partial charge in [0.15, 0.2) is 0 Å². The lowest BCUT2D eigenvalue weighted by atomic mass is 9.80. The first-order valence-electron chi connectivity index (χ1n) is 6.51. The fraction of sp³-hybridized carbons (Fsp3) is 0.929. The van der Waals surface area contributed by atoms with Crippen LogP contribution in [0.3, 0.4) is 0 Å². The van der Waals surface area contributed by atoms with Crippen molar-refractivity contribution >= 4 is 5.78 Å². The molecule has 0 aromatic carbocycles. The summed E-state index contributed by atoms with van der Waals surface area (Å²) in [6, 6.07) is 0. The van der Waals surface area contributed by atoms with Crippen LogP contribution in [-0.4, -0.2) is 5.78 Å². The molecule has 0 N–H and O–H groups in total. The minimum absolute atomic E-state index is 0.293. The molecule has 0 bridgehead atoms. The van der Waals surface area contributed by atoms with E-state index in [4.69, 9.17) is 0 Å². The third kappa shape index (κ3) is 5.96. The van der Waals surface area contributed by atoms with E-state index in [1.807, 2.05) is 0 Å². The van der Waals surface area contributed by atoms with Crippen molar-refractivity contribution in [2.75, 3.05) is 0 Å². The summed E-state index contributed by atoms with van der Waals surface area (Å²) in [4.78, 5) is 11.6. The molecule has 0 aliphatic heterocycles. The predicted octanol–water partition coefficient (Wildman–Crippen LogP) is 4.45. The lowest BCUT2D eigenvalue weighted by molar-refractivity contribution is -0.123. The van der Waals surface area contributed by atoms with Gasteiger partial charge in [-0.15, -0.1) is 0 Å². The largest absolute Gasteiger partial charge is 0.300 e. The van der Waals surface area contributed by atoms with Crippen LogP contribution in [0, 0.1) is 17.8 Å². The first-order chi connectivity index (χ1) is 7.00. The summed E-state index contributed by atoms with van der Waals surface area (Å²) >= 11 is 0. The molecule has 0 aliphatic carbocycles. The van der Waals surface area contributed by atoms with Crippen LogP contribution < -0.4 is 0 Å². The fourth-order valence-electron chi connectivity index (χ4n) is 2.09. The van der Waals surface area contributed by atoms with Crippen LogP contribution in [0.4, 0.5) is 0 Å². The highest BCUT2D eigenvalue weighted by atomic mass is 16.1. The zero-order valence-electron chi connectivity index (χ0n) is 11.2. The molecule has 0 heterocycles. The number of Topliss-reactive ketones (excluding diaryl/α,β-unsaturated/α-hetero) is 1. The molecule has 15 heavy (non-hydrogen) atoms. The van der Waals surface area contributed by atoms with E-state index in [2.05, 4.69) is 27.7 Å². The van der Waals surface area contributed by atoms with Gasteiger partial charge in [-0.1, -0.05) is 53.4 Å². The summed E-state index contributed by atoms with van der Waals surface area (Å²) in [6.07, 6.45) is 6.17. The first-order valence-corrected chi connectivity index (χ1v) is 6.51. The van der Waals surface area contributed by atoms with E-state index in [0.717, 1.165) is 6.42 Å². The second-order valence-corrected chi connectivity index (χ2v) is 5.17. The van der Waals surface area contributed by atoms with Crippen molar-refractivity contribution in [2.24, 2.45) is 17.8 Å². The maximum atomic E-state index is 11.6. The second-order valence-electron chi connectivity index (χ2n) is 5.17. The van der Waals surface area contributed by atoms with Gasteiger partial charge in [0.25, 0.3) is 0 Å². The van der Waals surface area contributed by atoms with Gasteiger partial charge >= 0.3 is 0 Å². The van der Waals surface area contributed by atoms with E-state index in [9.17, 15) is 4.79 Å². The summed E-state index contributed by atoms with van der Waals surface area (Å²) in [5.74, 6) is 1.82. The number of rotatable bonds is 8. The minimum atomic E-state index is 0.293. The summed E-state index contributed by atoms with van der Waals surface area (Å²) in [6.45, 7) is 10.6. The van der Waals surface area contributed by atoms with E-state index in [1.54, 1.807) is 6.92 Å². The van der Waals surface area contributed by atoms with Crippen molar-refractivity contribution in [2.45, 2.75) is 66.7 Å². The van der Waals surface area contributed by atoms with Gasteiger partial charge in [0.2, 0.25) is 0 Å². The number of carbonyl (C=O) groups excluding carboxylic acids is 1. The maximum absolute atomic E-state index is 11.6. The van der Waals surface area contributed by atoms with Crippen molar-refractivity contribution < 1.29 is 4.79 Å². The van der Waals surface area contributed by atoms with Crippen LogP contribution in [-0.2, 0) is 4.79 Å². The van der Waals surface area contributed by atoms with Gasteiger partial charge in [0.1, 0.15) is 5.78 Å². The molecule has 0 amide bonds. The average molecular weight is 212 g/mol. The Balaban J connectivity index is 4.00. The third-order valence-electron chi connectivity index (χ3n) is 3.58. The van der Waals surface area contributed by atoms with Gasteiger partial charge in [-0.05, 0) is 25.2 Å². The van der Waals surface area contributed by atoms with Crippen LogP contribution in [0.2, 0.25) is 0 Å². The molecule has 0 aromatic rings. The fourth-order valence-corrected chi connectivity index (χ4v) is 2.09. The summed E-state index contributed by atoms with van der Waals surface area (Å²) < 4.78 is 0. The Morgan fingerprint density at radius 1 is 1.07 bits per heavy atom. The van der Waals surface area contributed by atoms with E-state index < -0.39 is 0 Å². The van der Waals surface area contributed by atoms with Crippen LogP contribution >= 0.6 is 0 Å². The molecule has 2 atom stereocenters. The Morgan fingerprint density at radius 3 is 2.07 bits per heavy atom. The topological polar surface area (TPSA) is 17.1 Å². The molecular formula is C14H28O. The molecule has 0 spiro atoms. The normalized spacial score (nSPS) is 15.3. The van der Waals surface area contributed by atoms with Gasteiger partial charge in [-0.3, -0.25) is 4.79 Å². The highest BCUT2D eigenvalue weighted by Gasteiger charge is 2.23. The van der Waals surface area contributed by atoms with Crippen molar-refractivity contribution in [3.05, 3.63) is 0 Å². The first kappa shape index (κ1) is 14.7. The zero-order chi connectivity index (χ0) is 11.8. The molecule has 0 saturated carbocycles. The van der Waals surface area contributed by atoms with Gasteiger partial charge in [0.05, 0.1) is 0 Å². The predicted molar refractivity (Wildman–Crippen MR) is 66.9 cm³/mol. The molecular weight excluding hydrogens is 184 g/mol. The zero-order valence-corrected chi connectivity index (χ0v) is 11.2. The Hall–Kier alpha value is -0.330. The molecule has 0 aromatic heterocycles. The average Bonchev–Trinajstić information content (AvgIpc) is 2.16. The van der Waals surface area contributed by atoms with Crippen LogP contribution in [0.25, 0.3) is 0 Å². The van der Waals surface area contributed by atoms with Crippen LogP contribution in [0.15, 0.2) is 0 Å². The summed E-state index contributed by atoms with van der Waals surface area (Å²) in [7, 11) is 0. The standard InChI is InChI=1S/C14H28O/c1-6-7-8-9-10-14(13(5)15)12(4)11(2)3/h11-12,14H,6-10H2,1-5H3. The monoisotopic (exact) mass is 212 g/mol. The Labute approximate surface area is 95.6 Å². The van der Waals surface area contributed by atoms with Crippen molar-refractivity contribution in [3.63, 3.8) is 0 Å². The Bertz CT molecular complexity index is 172. The highest BCUT2D eigenvalue weighted by Crippen LogP contribution is 2.26. The van der Waals surface area contributed by atoms with Crippen molar-refractivity contribution in [1.82, 2.24) is 0 Å². The molecule has 1 nitrogen and oxygen atoms in total. The van der Waals surface area contributed by atoms with Gasteiger partial charge < -0.3 is 0 Å². The number of hydrogen-bond acceptors (Lipinski definition) is 1. The molecule has 1 heteroatoms. The van der Waals surface area contributed by atoms with Crippen molar-refractivity contribution in [1.29, 1.82) is 0 Å². The third-order valence-corrected chi connectivity index (χ3v) is 3.58. The van der Waals surface area contributed by atoms with Crippen LogP contribution in [0.5, 0.6) is 0 Å². The SMILES string of the molecule is CCCCCCC(C(C)=O)C(C)C(C)C. The summed E-state index contributed by atoms with van der Waals surface area (Å²) in [5.41, 5.74) is 0. The Morgan fingerprint density at radius 2 is 1.67 bits per heavy atom. The number of hydrogen-bond donors (Lipinski definition) is 0. The molecule has 0 radical (unpaired) electrons. The smallest absolute Gasteiger partial charge is 0.133 e. The molecule has 0 rings (SSSR count). The molecule has 90 valence electrons. The lowest BCUT2D eigenvalue weighted by Crippen LogP contribution is -2.23. The molecule has 0 fully saturated rings. The minimum Gasteiger partial charge on any atom is -0.300 e. The molecule has 0 saturated heterocycles. The van der Waals surface area contributed by atoms with E-state index in [0.29, 0.717) is 23.5 Å². The highest BCUT2D eigenvalue weighted by molar-refractivity contribution is 5.78. The number of unbranched alkanes of at least 4 members (excludes halogenated alkanes) is 3. The van der Waals surface area contributed by atoms with E-state index in [1.165, 1.54) is 25.7 Å². The Kier molecular flexibility index (Phi) is 7.72. The quantitative estimate of drug-likeness (QED) is 0.543. The number of ketones is 1. The maximum Gasteiger partial charge on any atom is 0.133 e. The van der Waals surface area contributed by atoms with Crippen LogP contribution in [0.1, 0.15) is 66.7 Å². The van der Waals surface area contributed by atoms with E-state index >= 15 is 0 Å². The summed E-state index contributed by atoms with van der Waals surface area (Å²) in [5, 5.41) is 0. The van der Waals surface area contributed by atoms with Gasteiger partial charge in [-0.25, -0.2) is 0 Å². The van der Waals surface area contributed by atoms with Crippen molar-refractivity contribution in [3.8, 4) is 0 Å². The molecule has 0 aliphatic rings. The number of carbonyl (C=O) groups is 1. The van der Waals surface area contributed by atoms with Gasteiger partial charge in [-0.2, -0.15) is 0 Å². The molecule has 2 unspecified atom stereocenters. The second kappa shape index (κ2) is 7.90. The van der Waals surface area contributed by atoms with Gasteiger partial charge in [0, 0.05) is 5.92 Å². The van der Waals surface area contributed by atoms with E-state index in [-0.39, 0.29) is 0 Å².